The van der Waals surface area contributed by atoms with E-state index in [4.69, 9.17) is 0 Å². The second-order valence-electron chi connectivity index (χ2n) is 6.08. The number of aromatic nitrogens is 2. The van der Waals surface area contributed by atoms with Crippen molar-refractivity contribution >= 4 is 11.2 Å². The minimum Gasteiger partial charge on any atom is -0.612 e. The fraction of sp³-hybridized carbons (Fsp3) is 0.250. The largest absolute Gasteiger partial charge is 0.612 e. The van der Waals surface area contributed by atoms with E-state index in [0.29, 0.717) is 6.42 Å². The fourth-order valence-corrected chi connectivity index (χ4v) is 3.31. The Kier molecular flexibility index (Phi) is 5.27. The van der Waals surface area contributed by atoms with Crippen LogP contribution >= 0.6 is 0 Å². The Morgan fingerprint density at radius 1 is 1.12 bits per heavy atom. The van der Waals surface area contributed by atoms with Crippen LogP contribution in [-0.2, 0) is 11.2 Å². The van der Waals surface area contributed by atoms with Crippen molar-refractivity contribution in [3.8, 4) is 16.9 Å². The van der Waals surface area contributed by atoms with Crippen LogP contribution in [0.3, 0.4) is 0 Å². The molecular formula is C20H22N2O2S. The molecule has 0 aliphatic heterocycles. The lowest BCUT2D eigenvalue weighted by atomic mass is 10.1. The summed E-state index contributed by atoms with van der Waals surface area (Å²) in [5, 5.41) is 14.6. The number of aliphatic hydroxyl groups is 1. The van der Waals surface area contributed by atoms with Gasteiger partial charge in [0.2, 0.25) is 0 Å². The molecule has 0 fully saturated rings. The van der Waals surface area contributed by atoms with Crippen LogP contribution in [0.1, 0.15) is 30.7 Å². The van der Waals surface area contributed by atoms with Gasteiger partial charge in [0.25, 0.3) is 0 Å². The number of rotatable bonds is 5. The van der Waals surface area contributed by atoms with E-state index in [1.165, 1.54) is 0 Å². The van der Waals surface area contributed by atoms with Crippen LogP contribution in [0.25, 0.3) is 16.9 Å². The molecule has 1 N–H and O–H groups in total. The molecule has 2 unspecified atom stereocenters. The summed E-state index contributed by atoms with van der Waals surface area (Å²) in [4.78, 5) is 0.810. The number of hydrogen-bond acceptors (Lipinski definition) is 3. The smallest absolute Gasteiger partial charge is 0.152 e. The second-order valence-corrected chi connectivity index (χ2v) is 7.46. The summed E-state index contributed by atoms with van der Waals surface area (Å²) in [5.74, 6) is 0. The molecule has 0 radical (unpaired) electrons. The van der Waals surface area contributed by atoms with Crippen molar-refractivity contribution in [3.63, 3.8) is 0 Å². The zero-order valence-corrected chi connectivity index (χ0v) is 15.5. The Morgan fingerprint density at radius 3 is 2.32 bits per heavy atom. The first-order chi connectivity index (χ1) is 12.0. The highest BCUT2D eigenvalue weighted by Gasteiger charge is 2.12. The molecule has 1 heterocycles. The fourth-order valence-electron chi connectivity index (χ4n) is 2.79. The maximum absolute atomic E-state index is 11.6. The van der Waals surface area contributed by atoms with Gasteiger partial charge in [-0.1, -0.05) is 19.1 Å². The van der Waals surface area contributed by atoms with Crippen molar-refractivity contribution in [2.24, 2.45) is 0 Å². The lowest BCUT2D eigenvalue weighted by Crippen LogP contribution is -2.01. The van der Waals surface area contributed by atoms with E-state index >= 15 is 0 Å². The summed E-state index contributed by atoms with van der Waals surface area (Å²) >= 11 is -0.984. The Morgan fingerprint density at radius 2 is 1.76 bits per heavy atom. The number of aryl methyl sites for hydroxylation is 1. The molecule has 0 aliphatic carbocycles. The van der Waals surface area contributed by atoms with Crippen molar-refractivity contribution in [1.29, 1.82) is 0 Å². The quantitative estimate of drug-likeness (QED) is 0.704. The maximum atomic E-state index is 11.6. The summed E-state index contributed by atoms with van der Waals surface area (Å²) < 4.78 is 13.5. The van der Waals surface area contributed by atoms with Crippen molar-refractivity contribution < 1.29 is 9.66 Å². The van der Waals surface area contributed by atoms with Gasteiger partial charge in [-0.2, -0.15) is 5.10 Å². The Bertz CT molecular complexity index is 839. The summed E-state index contributed by atoms with van der Waals surface area (Å²) in [7, 11) is 0. The summed E-state index contributed by atoms with van der Waals surface area (Å²) in [6, 6.07) is 17.6. The molecule has 5 heteroatoms. The van der Waals surface area contributed by atoms with Crippen LogP contribution in [0.5, 0.6) is 0 Å². The predicted octanol–water partition coefficient (Wildman–Crippen LogP) is 4.03. The van der Waals surface area contributed by atoms with Gasteiger partial charge in [-0.05, 0) is 72.5 Å². The standard InChI is InChI=1S/C20H22N2O2S/c1-4-20(23)16-5-9-17(10-6-16)22-19(13-14(2)21-22)15-7-11-18(12-8-15)25(3)24/h5-13,20,23H,4H2,1-3H3. The van der Waals surface area contributed by atoms with Crippen molar-refractivity contribution in [2.45, 2.75) is 31.3 Å². The third kappa shape index (κ3) is 3.79. The zero-order valence-electron chi connectivity index (χ0n) is 14.6. The Hall–Kier alpha value is -2.08. The van der Waals surface area contributed by atoms with Crippen LogP contribution in [0.15, 0.2) is 59.5 Å². The van der Waals surface area contributed by atoms with E-state index in [1.807, 2.05) is 73.1 Å². The molecule has 130 valence electrons. The van der Waals surface area contributed by atoms with Crippen LogP contribution < -0.4 is 0 Å². The molecule has 0 bridgehead atoms. The molecular weight excluding hydrogens is 332 g/mol. The molecule has 0 saturated carbocycles. The summed E-state index contributed by atoms with van der Waals surface area (Å²) in [6.07, 6.45) is 1.93. The monoisotopic (exact) mass is 354 g/mol. The highest BCUT2D eigenvalue weighted by Crippen LogP contribution is 2.26. The third-order valence-electron chi connectivity index (χ3n) is 4.22. The van der Waals surface area contributed by atoms with Crippen molar-refractivity contribution in [3.05, 3.63) is 65.9 Å². The Labute approximate surface area is 151 Å². The molecule has 0 spiro atoms. The molecule has 0 aliphatic rings. The van der Waals surface area contributed by atoms with Crippen LogP contribution in [0, 0.1) is 6.92 Å². The molecule has 3 aromatic rings. The lowest BCUT2D eigenvalue weighted by molar-refractivity contribution is 0.173. The van der Waals surface area contributed by atoms with Gasteiger partial charge in [-0.15, -0.1) is 0 Å². The molecule has 0 amide bonds. The van der Waals surface area contributed by atoms with Gasteiger partial charge in [0.05, 0.1) is 23.2 Å². The third-order valence-corrected chi connectivity index (χ3v) is 5.16. The SMILES string of the molecule is CCC(O)c1ccc(-n2nc(C)cc2-c2ccc([S+](C)[O-])cc2)cc1. The molecule has 25 heavy (non-hydrogen) atoms. The van der Waals surface area contributed by atoms with Crippen molar-refractivity contribution in [2.75, 3.05) is 6.26 Å². The predicted molar refractivity (Wildman–Crippen MR) is 101 cm³/mol. The average molecular weight is 354 g/mol. The van der Waals surface area contributed by atoms with Gasteiger partial charge in [0, 0.05) is 5.56 Å². The van der Waals surface area contributed by atoms with E-state index in [9.17, 15) is 9.66 Å². The minimum atomic E-state index is -0.984. The van der Waals surface area contributed by atoms with Crippen LogP contribution in [0.4, 0.5) is 0 Å². The first-order valence-electron chi connectivity index (χ1n) is 8.28. The number of hydrogen-bond donors (Lipinski definition) is 1. The first kappa shape index (κ1) is 17.7. The number of aliphatic hydroxyl groups excluding tert-OH is 1. The molecule has 1 aromatic heterocycles. The zero-order chi connectivity index (χ0) is 18.0. The second kappa shape index (κ2) is 7.44. The summed E-state index contributed by atoms with van der Waals surface area (Å²) in [5.41, 5.74) is 4.78. The molecule has 0 saturated heterocycles. The molecule has 2 aromatic carbocycles. The first-order valence-corrected chi connectivity index (χ1v) is 9.84. The van der Waals surface area contributed by atoms with E-state index in [2.05, 4.69) is 5.10 Å². The van der Waals surface area contributed by atoms with Gasteiger partial charge in [-0.3, -0.25) is 0 Å². The van der Waals surface area contributed by atoms with E-state index in [1.54, 1.807) is 6.26 Å². The number of benzene rings is 2. The normalized spacial score (nSPS) is 13.6. The van der Waals surface area contributed by atoms with Gasteiger partial charge < -0.3 is 9.66 Å². The molecule has 4 nitrogen and oxygen atoms in total. The van der Waals surface area contributed by atoms with Crippen LogP contribution in [-0.4, -0.2) is 25.7 Å². The van der Waals surface area contributed by atoms with Gasteiger partial charge >= 0.3 is 0 Å². The van der Waals surface area contributed by atoms with Gasteiger partial charge in [-0.25, -0.2) is 4.68 Å². The highest BCUT2D eigenvalue weighted by atomic mass is 32.2. The average Bonchev–Trinajstić information content (AvgIpc) is 3.03. The molecule has 3 rings (SSSR count). The van der Waals surface area contributed by atoms with Crippen molar-refractivity contribution in [1.82, 2.24) is 9.78 Å². The highest BCUT2D eigenvalue weighted by molar-refractivity contribution is 7.90. The van der Waals surface area contributed by atoms with Crippen LogP contribution in [0.2, 0.25) is 0 Å². The van der Waals surface area contributed by atoms with Gasteiger partial charge in [0.1, 0.15) is 6.26 Å². The topological polar surface area (TPSA) is 61.1 Å². The Balaban J connectivity index is 1.98. The number of nitrogens with zero attached hydrogens (tertiary/aromatic N) is 2. The minimum absolute atomic E-state index is 0.435. The lowest BCUT2D eigenvalue weighted by Gasteiger charge is -2.11. The van der Waals surface area contributed by atoms with E-state index in [-0.39, 0.29) is 0 Å². The van der Waals surface area contributed by atoms with Gasteiger partial charge in [0.15, 0.2) is 4.90 Å². The summed E-state index contributed by atoms with van der Waals surface area (Å²) in [6.45, 7) is 3.92. The maximum Gasteiger partial charge on any atom is 0.152 e. The van der Waals surface area contributed by atoms with E-state index < -0.39 is 17.3 Å². The van der Waals surface area contributed by atoms with E-state index in [0.717, 1.165) is 33.1 Å². The molecule has 2 atom stereocenters.